The predicted octanol–water partition coefficient (Wildman–Crippen LogP) is 3.00. The van der Waals surface area contributed by atoms with Crippen molar-refractivity contribution in [2.24, 2.45) is 0 Å². The number of nitrogens with one attached hydrogen (secondary N) is 1. The molecule has 8 heteroatoms. The number of carbonyl (C=O) groups is 2. The first-order valence-electron chi connectivity index (χ1n) is 10.4. The number of hydrogen-bond donors (Lipinski definition) is 1. The second-order valence-corrected chi connectivity index (χ2v) is 7.67. The van der Waals surface area contributed by atoms with Gasteiger partial charge in [0.15, 0.2) is 5.65 Å². The van der Waals surface area contributed by atoms with Crippen LogP contribution in [0.2, 0.25) is 0 Å². The standard InChI is InChI=1S/C23H22N6O2/c1-24-22(30)17-14-27-29-20(9-10-25-21(17)29)19-8-4-5-11-28(19)23(31)16-12-15-6-2-3-7-18(15)26-13-16/h2-3,6-7,9-10,12-14,19H,4-5,8,11H2,1H3,(H,24,30). The molecule has 1 atom stereocenters. The van der Waals surface area contributed by atoms with Crippen LogP contribution in [0, 0.1) is 0 Å². The molecule has 1 aliphatic rings. The number of amides is 2. The molecule has 8 nitrogen and oxygen atoms in total. The molecule has 2 amide bonds. The van der Waals surface area contributed by atoms with E-state index in [2.05, 4.69) is 20.4 Å². The van der Waals surface area contributed by atoms with Gasteiger partial charge in [-0.1, -0.05) is 18.2 Å². The summed E-state index contributed by atoms with van der Waals surface area (Å²) >= 11 is 0. The lowest BCUT2D eigenvalue weighted by atomic mass is 9.97. The molecule has 1 N–H and O–H groups in total. The molecule has 0 aliphatic carbocycles. The van der Waals surface area contributed by atoms with Crippen molar-refractivity contribution in [3.05, 3.63) is 71.8 Å². The largest absolute Gasteiger partial charge is 0.355 e. The molecular formula is C23H22N6O2. The molecular weight excluding hydrogens is 392 g/mol. The third kappa shape index (κ3) is 3.30. The van der Waals surface area contributed by atoms with Crippen LogP contribution in [-0.4, -0.2) is 49.9 Å². The number of piperidine rings is 1. The summed E-state index contributed by atoms with van der Waals surface area (Å²) in [6.45, 7) is 0.656. The van der Waals surface area contributed by atoms with Crippen LogP contribution in [0.5, 0.6) is 0 Å². The van der Waals surface area contributed by atoms with Crippen molar-refractivity contribution in [2.45, 2.75) is 25.3 Å². The minimum atomic E-state index is -0.238. The van der Waals surface area contributed by atoms with E-state index in [1.165, 1.54) is 6.20 Å². The van der Waals surface area contributed by atoms with E-state index in [-0.39, 0.29) is 17.9 Å². The van der Waals surface area contributed by atoms with E-state index in [1.54, 1.807) is 24.0 Å². The van der Waals surface area contributed by atoms with E-state index < -0.39 is 0 Å². The third-order valence-electron chi connectivity index (χ3n) is 5.84. The maximum atomic E-state index is 13.5. The molecule has 0 radical (unpaired) electrons. The molecule has 31 heavy (non-hydrogen) atoms. The van der Waals surface area contributed by atoms with E-state index >= 15 is 0 Å². The summed E-state index contributed by atoms with van der Waals surface area (Å²) < 4.78 is 1.68. The van der Waals surface area contributed by atoms with E-state index in [0.717, 1.165) is 35.9 Å². The number of para-hydroxylation sites is 1. The lowest BCUT2D eigenvalue weighted by Gasteiger charge is -2.36. The molecule has 0 saturated carbocycles. The molecule has 0 bridgehead atoms. The third-order valence-corrected chi connectivity index (χ3v) is 5.84. The van der Waals surface area contributed by atoms with Gasteiger partial charge >= 0.3 is 0 Å². The maximum Gasteiger partial charge on any atom is 0.256 e. The Labute approximate surface area is 178 Å². The number of fused-ring (bicyclic) bond motifs is 2. The average Bonchev–Trinajstić information content (AvgIpc) is 3.27. The van der Waals surface area contributed by atoms with E-state index in [0.29, 0.717) is 23.3 Å². The number of nitrogens with zero attached hydrogens (tertiary/aromatic N) is 5. The molecule has 1 saturated heterocycles. The highest BCUT2D eigenvalue weighted by Gasteiger charge is 2.31. The topological polar surface area (TPSA) is 92.5 Å². The lowest BCUT2D eigenvalue weighted by Crippen LogP contribution is -2.39. The lowest BCUT2D eigenvalue weighted by molar-refractivity contribution is 0.0602. The van der Waals surface area contributed by atoms with E-state index in [1.807, 2.05) is 41.3 Å². The average molecular weight is 414 g/mol. The quantitative estimate of drug-likeness (QED) is 0.556. The Morgan fingerprint density at radius 1 is 1.10 bits per heavy atom. The Morgan fingerprint density at radius 2 is 1.97 bits per heavy atom. The minimum Gasteiger partial charge on any atom is -0.355 e. The van der Waals surface area contributed by atoms with Gasteiger partial charge in [0.1, 0.15) is 5.56 Å². The second-order valence-electron chi connectivity index (χ2n) is 7.67. The van der Waals surface area contributed by atoms with Crippen molar-refractivity contribution in [1.82, 2.24) is 29.8 Å². The van der Waals surface area contributed by atoms with Gasteiger partial charge in [0, 0.05) is 31.4 Å². The molecule has 156 valence electrons. The summed E-state index contributed by atoms with van der Waals surface area (Å²) in [5.41, 5.74) is 3.19. The Bertz CT molecular complexity index is 1300. The summed E-state index contributed by atoms with van der Waals surface area (Å²) in [5.74, 6) is -0.287. The van der Waals surface area contributed by atoms with E-state index in [4.69, 9.17) is 0 Å². The normalized spacial score (nSPS) is 16.5. The van der Waals surface area contributed by atoms with Crippen LogP contribution >= 0.6 is 0 Å². The molecule has 1 aromatic carbocycles. The SMILES string of the molecule is CNC(=O)c1cnn2c(C3CCCCN3C(=O)c3cnc4ccccc4c3)ccnc12. The number of rotatable bonds is 3. The van der Waals surface area contributed by atoms with E-state index in [9.17, 15) is 9.59 Å². The monoisotopic (exact) mass is 414 g/mol. The molecule has 5 rings (SSSR count). The first-order chi connectivity index (χ1) is 15.2. The first-order valence-corrected chi connectivity index (χ1v) is 10.4. The highest BCUT2D eigenvalue weighted by molar-refractivity contribution is 5.99. The number of carbonyl (C=O) groups excluding carboxylic acids is 2. The zero-order valence-electron chi connectivity index (χ0n) is 17.2. The number of hydrogen-bond acceptors (Lipinski definition) is 5. The fraction of sp³-hybridized carbons (Fsp3) is 0.261. The van der Waals surface area contributed by atoms with Gasteiger partial charge in [-0.15, -0.1) is 0 Å². The molecule has 1 aliphatic heterocycles. The highest BCUT2D eigenvalue weighted by Crippen LogP contribution is 2.32. The molecule has 3 aromatic heterocycles. The fourth-order valence-corrected chi connectivity index (χ4v) is 4.29. The summed E-state index contributed by atoms with van der Waals surface area (Å²) in [6, 6.07) is 11.4. The van der Waals surface area contributed by atoms with Crippen molar-refractivity contribution >= 4 is 28.4 Å². The van der Waals surface area contributed by atoms with Crippen molar-refractivity contribution < 1.29 is 9.59 Å². The van der Waals surface area contributed by atoms with Crippen LogP contribution in [0.15, 0.2) is 55.0 Å². The van der Waals surface area contributed by atoms with Crippen LogP contribution in [0.25, 0.3) is 16.6 Å². The number of pyridine rings is 1. The van der Waals surface area contributed by atoms with Gasteiger partial charge < -0.3 is 10.2 Å². The van der Waals surface area contributed by atoms with Crippen molar-refractivity contribution in [3.63, 3.8) is 0 Å². The molecule has 4 aromatic rings. The van der Waals surface area contributed by atoms with Gasteiger partial charge in [-0.05, 0) is 37.5 Å². The number of aromatic nitrogens is 4. The van der Waals surface area contributed by atoms with Crippen LogP contribution in [0.1, 0.15) is 51.7 Å². The fourth-order valence-electron chi connectivity index (χ4n) is 4.29. The van der Waals surface area contributed by atoms with Gasteiger partial charge in [0.2, 0.25) is 0 Å². The summed E-state index contributed by atoms with van der Waals surface area (Å²) in [4.78, 5) is 36.4. The Morgan fingerprint density at radius 3 is 2.84 bits per heavy atom. The van der Waals surface area contributed by atoms with Gasteiger partial charge in [-0.2, -0.15) is 5.10 Å². The Balaban J connectivity index is 1.54. The summed E-state index contributed by atoms with van der Waals surface area (Å²) in [6.07, 6.45) is 7.62. The molecule has 1 unspecified atom stereocenters. The Kier molecular flexibility index (Phi) is 4.82. The van der Waals surface area contributed by atoms with Crippen molar-refractivity contribution in [1.29, 1.82) is 0 Å². The molecule has 1 fully saturated rings. The number of likely N-dealkylation sites (tertiary alicyclic amines) is 1. The van der Waals surface area contributed by atoms with Crippen LogP contribution in [-0.2, 0) is 0 Å². The van der Waals surface area contributed by atoms with Crippen LogP contribution < -0.4 is 5.32 Å². The Hall–Kier alpha value is -3.81. The number of benzene rings is 1. The first kappa shape index (κ1) is 19.2. The predicted molar refractivity (Wildman–Crippen MR) is 116 cm³/mol. The second kappa shape index (κ2) is 7.79. The maximum absolute atomic E-state index is 13.5. The van der Waals surface area contributed by atoms with Gasteiger partial charge in [-0.3, -0.25) is 14.6 Å². The summed E-state index contributed by atoms with van der Waals surface area (Å²) in [5, 5.41) is 7.97. The van der Waals surface area contributed by atoms with Crippen LogP contribution in [0.3, 0.4) is 0 Å². The van der Waals surface area contributed by atoms with Crippen LogP contribution in [0.4, 0.5) is 0 Å². The van der Waals surface area contributed by atoms with Gasteiger partial charge in [0.05, 0.1) is 29.0 Å². The zero-order valence-corrected chi connectivity index (χ0v) is 17.2. The smallest absolute Gasteiger partial charge is 0.256 e. The minimum absolute atomic E-state index is 0.0494. The summed E-state index contributed by atoms with van der Waals surface area (Å²) in [7, 11) is 1.58. The van der Waals surface area contributed by atoms with Crippen molar-refractivity contribution in [2.75, 3.05) is 13.6 Å². The molecule has 0 spiro atoms. The zero-order chi connectivity index (χ0) is 21.4. The molecule has 4 heterocycles. The van der Waals surface area contributed by atoms with Crippen molar-refractivity contribution in [3.8, 4) is 0 Å². The van der Waals surface area contributed by atoms with Gasteiger partial charge in [0.25, 0.3) is 11.8 Å². The van der Waals surface area contributed by atoms with Gasteiger partial charge in [-0.25, -0.2) is 9.50 Å². The highest BCUT2D eigenvalue weighted by atomic mass is 16.2.